The number of carbonyl (C=O) groups is 1. The van der Waals surface area contributed by atoms with Crippen LogP contribution in [0.2, 0.25) is 0 Å². The summed E-state index contributed by atoms with van der Waals surface area (Å²) in [5.41, 5.74) is 3.35. The van der Waals surface area contributed by atoms with Crippen molar-refractivity contribution in [2.45, 2.75) is 0 Å². The second kappa shape index (κ2) is 3.87. The number of fused-ring (bicyclic) bond motifs is 1. The molecule has 0 amide bonds. The highest BCUT2D eigenvalue weighted by Crippen LogP contribution is 2.19. The van der Waals surface area contributed by atoms with E-state index in [1.54, 1.807) is 12.4 Å². The van der Waals surface area contributed by atoms with Crippen LogP contribution in [-0.4, -0.2) is 15.8 Å². The molecule has 0 aliphatic carbocycles. The van der Waals surface area contributed by atoms with E-state index in [4.69, 9.17) is 0 Å². The number of benzene rings is 2. The molecule has 0 saturated carbocycles. The van der Waals surface area contributed by atoms with Gasteiger partial charge in [-0.3, -0.25) is 9.36 Å². The van der Waals surface area contributed by atoms with Gasteiger partial charge in [-0.2, -0.15) is 0 Å². The lowest BCUT2D eigenvalue weighted by molar-refractivity contribution is 0.112. The highest BCUT2D eigenvalue weighted by atomic mass is 16.1. The quantitative estimate of drug-likeness (QED) is 0.625. The molecule has 3 heteroatoms. The molecule has 0 aliphatic heterocycles. The molecule has 0 atom stereocenters. The minimum Gasteiger partial charge on any atom is -0.299 e. The summed E-state index contributed by atoms with van der Waals surface area (Å²) in [4.78, 5) is 15.2. The summed E-state index contributed by atoms with van der Waals surface area (Å²) in [5.74, 6) is 0. The molecule has 0 bridgehead atoms. The van der Waals surface area contributed by atoms with Crippen molar-refractivity contribution in [1.29, 1.82) is 0 Å². The van der Waals surface area contributed by atoms with E-state index in [9.17, 15) is 4.79 Å². The van der Waals surface area contributed by atoms with Crippen LogP contribution in [0.4, 0.5) is 0 Å². The summed E-state index contributed by atoms with van der Waals surface area (Å²) in [6.07, 6.45) is 2.58. The zero-order chi connectivity index (χ0) is 11.7. The van der Waals surface area contributed by atoms with Gasteiger partial charge >= 0.3 is 0 Å². The van der Waals surface area contributed by atoms with E-state index in [0.29, 0.717) is 5.56 Å². The number of nitrogens with zero attached hydrogens (tertiary/aromatic N) is 2. The number of para-hydroxylation sites is 2. The van der Waals surface area contributed by atoms with E-state index in [0.717, 1.165) is 23.0 Å². The Labute approximate surface area is 98.3 Å². The number of carbonyl (C=O) groups excluding carboxylic acids is 1. The van der Waals surface area contributed by atoms with E-state index in [-0.39, 0.29) is 0 Å². The molecule has 1 heterocycles. The highest BCUT2D eigenvalue weighted by Gasteiger charge is 2.07. The first-order valence-electron chi connectivity index (χ1n) is 5.37. The number of imidazole rings is 1. The van der Waals surface area contributed by atoms with Crippen molar-refractivity contribution in [3.8, 4) is 5.69 Å². The maximum absolute atomic E-state index is 10.9. The van der Waals surface area contributed by atoms with Gasteiger partial charge in [0.15, 0.2) is 6.29 Å². The summed E-state index contributed by atoms with van der Waals surface area (Å²) >= 11 is 0. The number of aldehydes is 1. The average Bonchev–Trinajstić information content (AvgIpc) is 2.83. The van der Waals surface area contributed by atoms with E-state index in [1.807, 2.05) is 47.0 Å². The Morgan fingerprint density at radius 3 is 2.59 bits per heavy atom. The molecule has 0 fully saturated rings. The van der Waals surface area contributed by atoms with Crippen molar-refractivity contribution in [3.63, 3.8) is 0 Å². The van der Waals surface area contributed by atoms with Crippen molar-refractivity contribution in [2.75, 3.05) is 0 Å². The first kappa shape index (κ1) is 9.78. The normalized spacial score (nSPS) is 10.6. The van der Waals surface area contributed by atoms with Crippen molar-refractivity contribution in [3.05, 3.63) is 60.4 Å². The van der Waals surface area contributed by atoms with Gasteiger partial charge in [0.05, 0.1) is 11.0 Å². The van der Waals surface area contributed by atoms with Gasteiger partial charge in [0.2, 0.25) is 0 Å². The largest absolute Gasteiger partial charge is 0.299 e. The molecule has 0 saturated heterocycles. The molecular weight excluding hydrogens is 212 g/mol. The monoisotopic (exact) mass is 222 g/mol. The van der Waals surface area contributed by atoms with Crippen LogP contribution in [0, 0.1) is 0 Å². The predicted molar refractivity (Wildman–Crippen MR) is 66.5 cm³/mol. The van der Waals surface area contributed by atoms with E-state index in [2.05, 4.69) is 4.98 Å². The highest BCUT2D eigenvalue weighted by molar-refractivity contribution is 5.94. The third-order valence-electron chi connectivity index (χ3n) is 2.77. The van der Waals surface area contributed by atoms with Crippen LogP contribution in [-0.2, 0) is 0 Å². The van der Waals surface area contributed by atoms with Crippen molar-refractivity contribution < 1.29 is 4.79 Å². The van der Waals surface area contributed by atoms with E-state index >= 15 is 0 Å². The average molecular weight is 222 g/mol. The third kappa shape index (κ3) is 1.52. The SMILES string of the molecule is O=Cc1cccc2c1ncn2-c1ccccc1. The second-order valence-corrected chi connectivity index (χ2v) is 3.78. The topological polar surface area (TPSA) is 34.9 Å². The molecule has 82 valence electrons. The first-order chi connectivity index (χ1) is 8.40. The zero-order valence-corrected chi connectivity index (χ0v) is 9.08. The second-order valence-electron chi connectivity index (χ2n) is 3.78. The summed E-state index contributed by atoms with van der Waals surface area (Å²) in [5, 5.41) is 0. The van der Waals surface area contributed by atoms with Gasteiger partial charge < -0.3 is 0 Å². The van der Waals surface area contributed by atoms with Crippen LogP contribution in [0.1, 0.15) is 10.4 Å². The summed E-state index contributed by atoms with van der Waals surface area (Å²) in [6, 6.07) is 15.5. The molecule has 0 N–H and O–H groups in total. The fraction of sp³-hybridized carbons (Fsp3) is 0. The molecule has 0 aliphatic rings. The summed E-state index contributed by atoms with van der Waals surface area (Å²) in [6.45, 7) is 0. The maximum Gasteiger partial charge on any atom is 0.152 e. The molecule has 0 spiro atoms. The number of aromatic nitrogens is 2. The Kier molecular flexibility index (Phi) is 2.22. The lowest BCUT2D eigenvalue weighted by Crippen LogP contribution is -1.91. The van der Waals surface area contributed by atoms with Crippen molar-refractivity contribution in [1.82, 2.24) is 9.55 Å². The molecule has 0 unspecified atom stereocenters. The van der Waals surface area contributed by atoms with Crippen LogP contribution in [0.25, 0.3) is 16.7 Å². The molecule has 1 aromatic heterocycles. The van der Waals surface area contributed by atoms with Gasteiger partial charge in [0.25, 0.3) is 0 Å². The standard InChI is InChI=1S/C14H10N2O/c17-9-11-5-4-8-13-14(11)15-10-16(13)12-6-2-1-3-7-12/h1-10H. The van der Waals surface area contributed by atoms with Crippen LogP contribution in [0.5, 0.6) is 0 Å². The molecule has 3 nitrogen and oxygen atoms in total. The van der Waals surface area contributed by atoms with E-state index in [1.165, 1.54) is 0 Å². The minimum atomic E-state index is 0.622. The molecule has 0 radical (unpaired) electrons. The maximum atomic E-state index is 10.9. The Hall–Kier alpha value is -2.42. The third-order valence-corrected chi connectivity index (χ3v) is 2.77. The van der Waals surface area contributed by atoms with Gasteiger partial charge in [0.1, 0.15) is 6.33 Å². The van der Waals surface area contributed by atoms with Crippen molar-refractivity contribution >= 4 is 17.3 Å². The Morgan fingerprint density at radius 1 is 1.00 bits per heavy atom. The predicted octanol–water partition coefficient (Wildman–Crippen LogP) is 2.84. The van der Waals surface area contributed by atoms with Crippen LogP contribution in [0.3, 0.4) is 0 Å². The molecule has 17 heavy (non-hydrogen) atoms. The summed E-state index contributed by atoms with van der Waals surface area (Å²) in [7, 11) is 0. The van der Waals surface area contributed by atoms with Gasteiger partial charge in [-0.15, -0.1) is 0 Å². The Bertz CT molecular complexity index is 671. The fourth-order valence-electron chi connectivity index (χ4n) is 1.95. The molecular formula is C14H10N2O. The molecule has 2 aromatic carbocycles. The lowest BCUT2D eigenvalue weighted by Gasteiger charge is -2.03. The van der Waals surface area contributed by atoms with Gasteiger partial charge in [-0.1, -0.05) is 24.3 Å². The molecule has 3 aromatic rings. The number of hydrogen-bond donors (Lipinski definition) is 0. The van der Waals surface area contributed by atoms with Crippen LogP contribution < -0.4 is 0 Å². The Morgan fingerprint density at radius 2 is 1.82 bits per heavy atom. The fourth-order valence-corrected chi connectivity index (χ4v) is 1.95. The smallest absolute Gasteiger partial charge is 0.152 e. The Balaban J connectivity index is 2.30. The van der Waals surface area contributed by atoms with Crippen LogP contribution >= 0.6 is 0 Å². The van der Waals surface area contributed by atoms with E-state index < -0.39 is 0 Å². The first-order valence-corrected chi connectivity index (χ1v) is 5.37. The van der Waals surface area contributed by atoms with Crippen LogP contribution in [0.15, 0.2) is 54.9 Å². The van der Waals surface area contributed by atoms with Crippen molar-refractivity contribution in [2.24, 2.45) is 0 Å². The van der Waals surface area contributed by atoms with Gasteiger partial charge in [0, 0.05) is 11.3 Å². The number of rotatable bonds is 2. The lowest BCUT2D eigenvalue weighted by atomic mass is 10.2. The number of hydrogen-bond acceptors (Lipinski definition) is 2. The molecule has 3 rings (SSSR count). The zero-order valence-electron chi connectivity index (χ0n) is 9.08. The van der Waals surface area contributed by atoms with Gasteiger partial charge in [-0.05, 0) is 24.3 Å². The minimum absolute atomic E-state index is 0.622. The van der Waals surface area contributed by atoms with Gasteiger partial charge in [-0.25, -0.2) is 4.98 Å². The summed E-state index contributed by atoms with van der Waals surface area (Å²) < 4.78 is 1.97.